The van der Waals surface area contributed by atoms with Gasteiger partial charge >= 0.3 is 6.03 Å². The molecule has 2 saturated carbocycles. The van der Waals surface area contributed by atoms with Crippen molar-refractivity contribution in [3.05, 3.63) is 29.3 Å². The van der Waals surface area contributed by atoms with Gasteiger partial charge in [-0.1, -0.05) is 49.4 Å². The van der Waals surface area contributed by atoms with Crippen LogP contribution >= 0.6 is 11.6 Å². The number of urea groups is 1. The topological polar surface area (TPSA) is 61.4 Å². The fourth-order valence-corrected chi connectivity index (χ4v) is 5.91. The molecule has 158 valence electrons. The zero-order valence-corrected chi connectivity index (χ0v) is 17.8. The van der Waals surface area contributed by atoms with Gasteiger partial charge < -0.3 is 15.5 Å². The number of likely N-dealkylation sites (tertiary alicyclic amines) is 1. The number of carbonyl (C=O) groups excluding carboxylic acids is 2. The van der Waals surface area contributed by atoms with Crippen molar-refractivity contribution < 1.29 is 9.59 Å². The Morgan fingerprint density at radius 2 is 1.90 bits per heavy atom. The number of halogens is 1. The average molecular weight is 418 g/mol. The number of hydrogen-bond donors (Lipinski definition) is 2. The summed E-state index contributed by atoms with van der Waals surface area (Å²) in [6.07, 6.45) is 11.2. The van der Waals surface area contributed by atoms with E-state index in [2.05, 4.69) is 15.5 Å². The van der Waals surface area contributed by atoms with E-state index >= 15 is 0 Å². The smallest absolute Gasteiger partial charge is 0.319 e. The molecule has 4 rings (SSSR count). The van der Waals surface area contributed by atoms with Crippen molar-refractivity contribution in [2.75, 3.05) is 18.4 Å². The maximum atomic E-state index is 12.8. The van der Waals surface area contributed by atoms with Gasteiger partial charge in [0, 0.05) is 31.0 Å². The van der Waals surface area contributed by atoms with Crippen LogP contribution in [0.1, 0.15) is 64.2 Å². The van der Waals surface area contributed by atoms with Crippen LogP contribution in [0.2, 0.25) is 5.02 Å². The van der Waals surface area contributed by atoms with Crippen LogP contribution in [0.4, 0.5) is 10.5 Å². The minimum absolute atomic E-state index is 0.0143. The molecule has 0 spiro atoms. The van der Waals surface area contributed by atoms with Crippen LogP contribution in [0.3, 0.4) is 0 Å². The summed E-state index contributed by atoms with van der Waals surface area (Å²) in [6, 6.07) is 7.29. The van der Waals surface area contributed by atoms with Gasteiger partial charge in [-0.25, -0.2) is 4.79 Å². The summed E-state index contributed by atoms with van der Waals surface area (Å²) in [4.78, 5) is 27.5. The highest BCUT2D eigenvalue weighted by atomic mass is 35.5. The molecule has 1 aromatic carbocycles. The monoisotopic (exact) mass is 417 g/mol. The van der Waals surface area contributed by atoms with E-state index in [-0.39, 0.29) is 17.5 Å². The number of piperidine rings is 1. The van der Waals surface area contributed by atoms with Crippen molar-refractivity contribution in [3.63, 3.8) is 0 Å². The summed E-state index contributed by atoms with van der Waals surface area (Å²) in [7, 11) is 0. The van der Waals surface area contributed by atoms with Crippen LogP contribution < -0.4 is 10.6 Å². The van der Waals surface area contributed by atoms with Gasteiger partial charge in [-0.15, -0.1) is 0 Å². The third kappa shape index (κ3) is 4.55. The Bertz CT molecular complexity index is 749. The third-order valence-electron chi connectivity index (χ3n) is 7.30. The number of anilines is 1. The molecule has 0 unspecified atom stereocenters. The molecular formula is C23H32ClN3O2. The quantitative estimate of drug-likeness (QED) is 0.691. The molecular weight excluding hydrogens is 386 g/mol. The van der Waals surface area contributed by atoms with Crippen LogP contribution in [-0.4, -0.2) is 36.0 Å². The number of amides is 3. The molecule has 0 aromatic heterocycles. The SMILES string of the molecule is O=C(NC[C@@]12CCC[C@H]1N(CC1CCCCC1)C(=O)CC2)Nc1ccccc1Cl. The second-order valence-electron chi connectivity index (χ2n) is 9.11. The largest absolute Gasteiger partial charge is 0.339 e. The van der Waals surface area contributed by atoms with E-state index in [0.29, 0.717) is 35.5 Å². The van der Waals surface area contributed by atoms with E-state index in [1.807, 2.05) is 12.1 Å². The molecule has 1 aliphatic heterocycles. The zero-order valence-electron chi connectivity index (χ0n) is 17.1. The summed E-state index contributed by atoms with van der Waals surface area (Å²) in [5, 5.41) is 6.46. The first kappa shape index (κ1) is 20.5. The molecule has 6 heteroatoms. The number of benzene rings is 1. The summed E-state index contributed by atoms with van der Waals surface area (Å²) in [5.41, 5.74) is 0.630. The van der Waals surface area contributed by atoms with E-state index in [1.165, 1.54) is 32.1 Å². The first-order valence-electron chi connectivity index (χ1n) is 11.2. The van der Waals surface area contributed by atoms with Crippen molar-refractivity contribution >= 4 is 29.2 Å². The highest BCUT2D eigenvalue weighted by molar-refractivity contribution is 6.33. The normalized spacial score (nSPS) is 27.6. The number of nitrogens with zero attached hydrogens (tertiary/aromatic N) is 1. The standard InChI is InChI=1S/C23H32ClN3O2/c24-18-9-4-5-10-19(18)26-22(29)25-16-23-13-6-11-20(23)27(21(28)12-14-23)15-17-7-2-1-3-8-17/h4-5,9-10,17,20H,1-3,6-8,11-16H2,(H2,25,26,29)/t20-,23+/m1/s1. The molecule has 2 atom stereocenters. The third-order valence-corrected chi connectivity index (χ3v) is 7.62. The molecule has 2 N–H and O–H groups in total. The average Bonchev–Trinajstić information content (AvgIpc) is 3.16. The van der Waals surface area contributed by atoms with Crippen molar-refractivity contribution in [1.29, 1.82) is 0 Å². The Kier molecular flexibility index (Phi) is 6.33. The van der Waals surface area contributed by atoms with Crippen LogP contribution in [0, 0.1) is 11.3 Å². The lowest BCUT2D eigenvalue weighted by Gasteiger charge is -2.47. The van der Waals surface area contributed by atoms with Crippen molar-refractivity contribution in [1.82, 2.24) is 10.2 Å². The van der Waals surface area contributed by atoms with Gasteiger partial charge in [-0.3, -0.25) is 4.79 Å². The van der Waals surface area contributed by atoms with E-state index in [4.69, 9.17) is 11.6 Å². The number of nitrogens with one attached hydrogen (secondary N) is 2. The minimum Gasteiger partial charge on any atom is -0.339 e. The Hall–Kier alpha value is -1.75. The Morgan fingerprint density at radius 1 is 1.10 bits per heavy atom. The molecule has 1 aromatic rings. The minimum atomic E-state index is -0.228. The van der Waals surface area contributed by atoms with Gasteiger partial charge in [-0.2, -0.15) is 0 Å². The molecule has 0 radical (unpaired) electrons. The number of fused-ring (bicyclic) bond motifs is 1. The van der Waals surface area contributed by atoms with Gasteiger partial charge in [0.2, 0.25) is 5.91 Å². The molecule has 0 bridgehead atoms. The fraction of sp³-hybridized carbons (Fsp3) is 0.652. The molecule has 5 nitrogen and oxygen atoms in total. The van der Waals surface area contributed by atoms with Gasteiger partial charge in [0.1, 0.15) is 0 Å². The number of rotatable bonds is 5. The van der Waals surface area contributed by atoms with Gasteiger partial charge in [0.25, 0.3) is 0 Å². The first-order chi connectivity index (χ1) is 14.1. The van der Waals surface area contributed by atoms with E-state index in [0.717, 1.165) is 32.2 Å². The van der Waals surface area contributed by atoms with Crippen LogP contribution in [0.25, 0.3) is 0 Å². The molecule has 3 amide bonds. The summed E-state index contributed by atoms with van der Waals surface area (Å²) in [5.74, 6) is 0.971. The second kappa shape index (κ2) is 8.95. The van der Waals surface area contributed by atoms with Crippen LogP contribution in [-0.2, 0) is 4.79 Å². The van der Waals surface area contributed by atoms with Crippen LogP contribution in [0.5, 0.6) is 0 Å². The maximum Gasteiger partial charge on any atom is 0.319 e. The Labute approximate surface area is 178 Å². The summed E-state index contributed by atoms with van der Waals surface area (Å²) < 4.78 is 0. The van der Waals surface area contributed by atoms with Gasteiger partial charge in [-0.05, 0) is 50.2 Å². The maximum absolute atomic E-state index is 12.8. The molecule has 1 saturated heterocycles. The van der Waals surface area contributed by atoms with Crippen molar-refractivity contribution in [2.24, 2.45) is 11.3 Å². The van der Waals surface area contributed by atoms with Gasteiger partial charge in [0.15, 0.2) is 0 Å². The predicted octanol–water partition coefficient (Wildman–Crippen LogP) is 5.20. The van der Waals surface area contributed by atoms with Gasteiger partial charge in [0.05, 0.1) is 10.7 Å². The Morgan fingerprint density at radius 3 is 2.69 bits per heavy atom. The molecule has 29 heavy (non-hydrogen) atoms. The summed E-state index contributed by atoms with van der Waals surface area (Å²) >= 11 is 6.15. The molecule has 3 aliphatic rings. The second-order valence-corrected chi connectivity index (χ2v) is 9.52. The lowest BCUT2D eigenvalue weighted by atomic mass is 9.74. The lowest BCUT2D eigenvalue weighted by molar-refractivity contribution is -0.142. The van der Waals surface area contributed by atoms with E-state index < -0.39 is 0 Å². The number of carbonyl (C=O) groups is 2. The molecule has 2 aliphatic carbocycles. The first-order valence-corrected chi connectivity index (χ1v) is 11.5. The highest BCUT2D eigenvalue weighted by Crippen LogP contribution is 2.48. The summed E-state index contributed by atoms with van der Waals surface area (Å²) in [6.45, 7) is 1.53. The van der Waals surface area contributed by atoms with Crippen molar-refractivity contribution in [3.8, 4) is 0 Å². The highest BCUT2D eigenvalue weighted by Gasteiger charge is 2.50. The van der Waals surface area contributed by atoms with E-state index in [9.17, 15) is 9.59 Å². The number of hydrogen-bond acceptors (Lipinski definition) is 2. The predicted molar refractivity (Wildman–Crippen MR) is 116 cm³/mol. The van der Waals surface area contributed by atoms with Crippen LogP contribution in [0.15, 0.2) is 24.3 Å². The fourth-order valence-electron chi connectivity index (χ4n) is 5.73. The number of para-hydroxylation sites is 1. The van der Waals surface area contributed by atoms with E-state index in [1.54, 1.807) is 12.1 Å². The van der Waals surface area contributed by atoms with Crippen molar-refractivity contribution in [2.45, 2.75) is 70.3 Å². The lowest BCUT2D eigenvalue weighted by Crippen LogP contribution is -2.57. The molecule has 3 fully saturated rings. The zero-order chi connectivity index (χ0) is 20.3. The molecule has 1 heterocycles. The Balaban J connectivity index is 1.39.